The van der Waals surface area contributed by atoms with E-state index in [2.05, 4.69) is 102 Å². The van der Waals surface area contributed by atoms with Gasteiger partial charge in [0.1, 0.15) is 0 Å². The van der Waals surface area contributed by atoms with Crippen LogP contribution in [0.15, 0.2) is 96.6 Å². The number of hydrogen-bond donors (Lipinski definition) is 1. The molecule has 1 atom stereocenters. The maximum absolute atomic E-state index is 12.2. The molecule has 1 saturated heterocycles. The third-order valence-corrected chi connectivity index (χ3v) is 6.23. The van der Waals surface area contributed by atoms with E-state index in [9.17, 15) is 13.2 Å². The van der Waals surface area contributed by atoms with E-state index in [0.717, 1.165) is 30.4 Å². The standard InChI is InChI=1S/C11H14.C10H16.C9H9F3.C6H13N.C2H6.C2H2/c1-9(2)8-11-6-4-10(3)5-7-11;1-5-10(6-2)8-7-9(3)4;1-2-7-5-3-4-6-8(7)9(10,11)12;1-6-3-2-4-7-5-6;2*1-2/h4-7H,1,8H2,2-3H3;5,7-8H,3,6H2,1-2,4H3;3-6H,2H2,1H3;6-7H,2-5H2,1H3;1-2H3;1-2H/b;8-7-,10-5+;;;;. The van der Waals surface area contributed by atoms with Crippen LogP contribution in [0.5, 0.6) is 0 Å². The molecule has 0 saturated carbocycles. The average molecular weight is 612 g/mol. The Kier molecular flexibility index (Phi) is 29.2. The van der Waals surface area contributed by atoms with Gasteiger partial charge in [0.05, 0.1) is 5.56 Å². The summed E-state index contributed by atoms with van der Waals surface area (Å²) in [6.45, 7) is 28.5. The van der Waals surface area contributed by atoms with E-state index >= 15 is 0 Å². The lowest BCUT2D eigenvalue weighted by molar-refractivity contribution is -0.138. The minimum atomic E-state index is -4.22. The van der Waals surface area contributed by atoms with Gasteiger partial charge in [0.25, 0.3) is 0 Å². The monoisotopic (exact) mass is 611 g/mol. The van der Waals surface area contributed by atoms with Gasteiger partial charge in [-0.1, -0.05) is 131 Å². The molecule has 1 heterocycles. The molecule has 4 heteroatoms. The number of benzene rings is 2. The van der Waals surface area contributed by atoms with Crippen molar-refractivity contribution in [1.29, 1.82) is 0 Å². The lowest BCUT2D eigenvalue weighted by atomic mass is 10.0. The molecule has 1 fully saturated rings. The van der Waals surface area contributed by atoms with Gasteiger partial charge in [-0.05, 0) is 96.0 Å². The summed E-state index contributed by atoms with van der Waals surface area (Å²) in [4.78, 5) is 0. The predicted molar refractivity (Wildman–Crippen MR) is 191 cm³/mol. The lowest BCUT2D eigenvalue weighted by Crippen LogP contribution is -2.27. The first-order chi connectivity index (χ1) is 20.8. The molecule has 1 aliphatic rings. The zero-order valence-corrected chi connectivity index (χ0v) is 29.1. The van der Waals surface area contributed by atoms with Crippen LogP contribution >= 0.6 is 0 Å². The van der Waals surface area contributed by atoms with Crippen molar-refractivity contribution in [1.82, 2.24) is 5.32 Å². The highest BCUT2D eigenvalue weighted by Gasteiger charge is 2.32. The molecule has 0 aromatic heterocycles. The van der Waals surface area contributed by atoms with Crippen molar-refractivity contribution >= 4 is 0 Å². The third kappa shape index (κ3) is 25.2. The highest BCUT2D eigenvalue weighted by atomic mass is 19.4. The van der Waals surface area contributed by atoms with Crippen LogP contribution in [0.25, 0.3) is 0 Å². The molecule has 0 bridgehead atoms. The van der Waals surface area contributed by atoms with Crippen LogP contribution in [0.3, 0.4) is 0 Å². The summed E-state index contributed by atoms with van der Waals surface area (Å²) >= 11 is 0. The van der Waals surface area contributed by atoms with E-state index in [-0.39, 0.29) is 0 Å². The molecular formula is C40H60F3N. The van der Waals surface area contributed by atoms with Crippen LogP contribution in [-0.2, 0) is 19.0 Å². The summed E-state index contributed by atoms with van der Waals surface area (Å²) in [5, 5.41) is 3.33. The van der Waals surface area contributed by atoms with Crippen LogP contribution in [0.2, 0.25) is 0 Å². The minimum absolute atomic E-state index is 0.352. The molecule has 1 unspecified atom stereocenters. The first-order valence-corrected chi connectivity index (χ1v) is 15.7. The molecule has 0 aliphatic carbocycles. The van der Waals surface area contributed by atoms with Gasteiger partial charge >= 0.3 is 6.18 Å². The molecule has 246 valence electrons. The second-order valence-corrected chi connectivity index (χ2v) is 10.5. The Bertz CT molecular complexity index is 1080. The predicted octanol–water partition coefficient (Wildman–Crippen LogP) is 12.1. The number of alkyl halides is 3. The van der Waals surface area contributed by atoms with Gasteiger partial charge in [-0.2, -0.15) is 13.2 Å². The van der Waals surface area contributed by atoms with Crippen LogP contribution in [0.1, 0.15) is 96.9 Å². The van der Waals surface area contributed by atoms with Crippen molar-refractivity contribution < 1.29 is 13.2 Å². The average Bonchev–Trinajstić information content (AvgIpc) is 3.01. The normalized spacial score (nSPS) is 13.9. The second kappa shape index (κ2) is 28.5. The summed E-state index contributed by atoms with van der Waals surface area (Å²) in [6.07, 6.45) is 15.4. The van der Waals surface area contributed by atoms with Crippen LogP contribution in [0.4, 0.5) is 13.2 Å². The molecule has 3 rings (SSSR count). The Morgan fingerprint density at radius 1 is 0.977 bits per heavy atom. The SMILES string of the molecule is C#C.C=C(C)/C=C\C(=C\C)CC.C=C(C)Cc1ccc(C)cc1.CC.CC1CCCNC1.CCc1ccccc1C(F)(F)F. The smallest absolute Gasteiger partial charge is 0.316 e. The zero-order valence-electron chi connectivity index (χ0n) is 29.1. The molecule has 1 nitrogen and oxygen atoms in total. The van der Waals surface area contributed by atoms with E-state index in [1.54, 1.807) is 13.0 Å². The molecule has 44 heavy (non-hydrogen) atoms. The molecule has 1 aliphatic heterocycles. The van der Waals surface area contributed by atoms with Gasteiger partial charge in [0.15, 0.2) is 0 Å². The topological polar surface area (TPSA) is 12.0 Å². The molecule has 2 aromatic rings. The summed E-state index contributed by atoms with van der Waals surface area (Å²) < 4.78 is 36.7. The van der Waals surface area contributed by atoms with Crippen molar-refractivity contribution in [2.75, 3.05) is 13.1 Å². The first kappa shape index (κ1) is 45.1. The maximum Gasteiger partial charge on any atom is 0.416 e. The number of halogens is 3. The largest absolute Gasteiger partial charge is 0.416 e. The third-order valence-electron chi connectivity index (χ3n) is 6.23. The van der Waals surface area contributed by atoms with Crippen molar-refractivity contribution in [3.05, 3.63) is 119 Å². The fourth-order valence-electron chi connectivity index (χ4n) is 3.85. The quantitative estimate of drug-likeness (QED) is 0.195. The lowest BCUT2D eigenvalue weighted by Gasteiger charge is -2.17. The van der Waals surface area contributed by atoms with Crippen LogP contribution in [0, 0.1) is 25.7 Å². The van der Waals surface area contributed by atoms with Crippen molar-refractivity contribution in [2.45, 2.75) is 101 Å². The number of rotatable bonds is 6. The Balaban J connectivity index is -0.000000496. The zero-order chi connectivity index (χ0) is 34.6. The number of piperidine rings is 1. The summed E-state index contributed by atoms with van der Waals surface area (Å²) in [6, 6.07) is 14.2. The van der Waals surface area contributed by atoms with Crippen molar-refractivity contribution in [2.24, 2.45) is 5.92 Å². The number of hydrogen-bond acceptors (Lipinski definition) is 1. The molecule has 0 radical (unpaired) electrons. The van der Waals surface area contributed by atoms with E-state index in [4.69, 9.17) is 0 Å². The Morgan fingerprint density at radius 2 is 1.55 bits per heavy atom. The molecule has 1 N–H and O–H groups in total. The Morgan fingerprint density at radius 3 is 1.89 bits per heavy atom. The first-order valence-electron chi connectivity index (χ1n) is 15.7. The van der Waals surface area contributed by atoms with E-state index < -0.39 is 11.7 Å². The fourth-order valence-corrected chi connectivity index (χ4v) is 3.85. The van der Waals surface area contributed by atoms with E-state index in [1.165, 1.54) is 60.3 Å². The number of terminal acetylenes is 1. The fraction of sp³-hybridized carbons (Fsp3) is 0.450. The van der Waals surface area contributed by atoms with Gasteiger partial charge in [-0.3, -0.25) is 0 Å². The van der Waals surface area contributed by atoms with E-state index in [1.807, 2.05) is 26.8 Å². The highest BCUT2D eigenvalue weighted by molar-refractivity contribution is 5.29. The van der Waals surface area contributed by atoms with E-state index in [0.29, 0.717) is 12.0 Å². The Labute approximate surface area is 269 Å². The van der Waals surface area contributed by atoms with Crippen LogP contribution < -0.4 is 5.32 Å². The number of nitrogens with one attached hydrogen (secondary N) is 1. The molecular weight excluding hydrogens is 551 g/mol. The summed E-state index contributed by atoms with van der Waals surface area (Å²) in [5.74, 6) is 0.925. The highest BCUT2D eigenvalue weighted by Crippen LogP contribution is 2.31. The number of allylic oxidation sites excluding steroid dienone is 6. The Hall–Kier alpha value is -3.29. The molecule has 0 spiro atoms. The second-order valence-electron chi connectivity index (χ2n) is 10.5. The van der Waals surface area contributed by atoms with Gasteiger partial charge in [0.2, 0.25) is 0 Å². The maximum atomic E-state index is 12.2. The molecule has 2 aromatic carbocycles. The van der Waals surface area contributed by atoms with Crippen molar-refractivity contribution in [3.63, 3.8) is 0 Å². The van der Waals surface area contributed by atoms with Crippen molar-refractivity contribution in [3.8, 4) is 12.8 Å². The minimum Gasteiger partial charge on any atom is -0.316 e. The van der Waals surface area contributed by atoms with Gasteiger partial charge in [0, 0.05) is 0 Å². The van der Waals surface area contributed by atoms with Gasteiger partial charge in [-0.25, -0.2) is 0 Å². The summed E-state index contributed by atoms with van der Waals surface area (Å²) in [5.41, 5.74) is 6.18. The summed E-state index contributed by atoms with van der Waals surface area (Å²) in [7, 11) is 0. The molecule has 0 amide bonds. The van der Waals surface area contributed by atoms with Gasteiger partial charge < -0.3 is 5.32 Å². The van der Waals surface area contributed by atoms with Crippen LogP contribution in [-0.4, -0.2) is 13.1 Å². The number of aryl methyl sites for hydroxylation is 2. The van der Waals surface area contributed by atoms with Gasteiger partial charge in [-0.15, -0.1) is 12.8 Å².